The van der Waals surface area contributed by atoms with Crippen LogP contribution in [-0.2, 0) is 0 Å². The fraction of sp³-hybridized carbons (Fsp3) is 0.667. The van der Waals surface area contributed by atoms with E-state index >= 15 is 0 Å². The highest BCUT2D eigenvalue weighted by atomic mass is 35.5. The Balaban J connectivity index is 2.27. The first kappa shape index (κ1) is 14.8. The molecule has 0 aliphatic carbocycles. The van der Waals surface area contributed by atoms with E-state index in [9.17, 15) is 5.21 Å². The van der Waals surface area contributed by atoms with Gasteiger partial charge in [-0.25, -0.2) is 4.73 Å². The number of hydrogen-bond donors (Lipinski definition) is 2. The summed E-state index contributed by atoms with van der Waals surface area (Å²) in [5.41, 5.74) is 5.42. The summed E-state index contributed by atoms with van der Waals surface area (Å²) in [4.78, 5) is 3.67. The van der Waals surface area contributed by atoms with Crippen LogP contribution in [0.15, 0.2) is 6.07 Å². The number of nitrogens with one attached hydrogen (secondary N) is 1. The maximum Gasteiger partial charge on any atom is 0.345 e. The summed E-state index contributed by atoms with van der Waals surface area (Å²) < 4.78 is 0.558. The van der Waals surface area contributed by atoms with Gasteiger partial charge in [0.25, 0.3) is 0 Å². The minimum Gasteiger partial charge on any atom is -0.754 e. The van der Waals surface area contributed by atoms with E-state index in [-0.39, 0.29) is 11.1 Å². The molecule has 0 amide bonds. The molecule has 6 heteroatoms. The summed E-state index contributed by atoms with van der Waals surface area (Å²) in [6.45, 7) is 2.94. The molecule has 1 heterocycles. The molecule has 1 rings (SSSR count). The van der Waals surface area contributed by atoms with Crippen LogP contribution in [-0.4, -0.2) is 11.5 Å². The number of nitrogen functional groups attached to an aromatic ring is 1. The predicted molar refractivity (Wildman–Crippen MR) is 74.5 cm³/mol. The van der Waals surface area contributed by atoms with Gasteiger partial charge in [0.05, 0.1) is 6.07 Å². The SMILES string of the molecule is CCCCCCCCNc1cc(Cl)nc(N)[n+]1[O-]. The van der Waals surface area contributed by atoms with Crippen LogP contribution in [0.3, 0.4) is 0 Å². The van der Waals surface area contributed by atoms with Gasteiger partial charge in [-0.3, -0.25) is 0 Å². The minimum atomic E-state index is -0.132. The van der Waals surface area contributed by atoms with Crippen LogP contribution in [0.1, 0.15) is 45.4 Å². The third-order valence-corrected chi connectivity index (χ3v) is 2.93. The van der Waals surface area contributed by atoms with Crippen LogP contribution in [0.2, 0.25) is 5.15 Å². The number of anilines is 2. The number of hydrogen-bond acceptors (Lipinski definition) is 4. The van der Waals surface area contributed by atoms with Crippen molar-refractivity contribution in [2.75, 3.05) is 17.6 Å². The average molecular weight is 273 g/mol. The maximum absolute atomic E-state index is 11.5. The fourth-order valence-electron chi connectivity index (χ4n) is 1.73. The molecule has 1 aromatic heterocycles. The molecule has 0 fully saturated rings. The smallest absolute Gasteiger partial charge is 0.345 e. The molecular weight excluding hydrogens is 252 g/mol. The summed E-state index contributed by atoms with van der Waals surface area (Å²) in [7, 11) is 0. The first-order valence-corrected chi connectivity index (χ1v) is 6.82. The van der Waals surface area contributed by atoms with Gasteiger partial charge in [-0.2, -0.15) is 0 Å². The Bertz CT molecular complexity index is 373. The second-order valence-corrected chi connectivity index (χ2v) is 4.70. The second-order valence-electron chi connectivity index (χ2n) is 4.31. The maximum atomic E-state index is 11.5. The lowest BCUT2D eigenvalue weighted by Crippen LogP contribution is -2.35. The van der Waals surface area contributed by atoms with E-state index in [1.807, 2.05) is 0 Å². The summed E-state index contributed by atoms with van der Waals surface area (Å²) in [6, 6.07) is 1.49. The first-order valence-electron chi connectivity index (χ1n) is 6.44. The van der Waals surface area contributed by atoms with Gasteiger partial charge in [0.15, 0.2) is 11.0 Å². The third-order valence-electron chi connectivity index (χ3n) is 2.74. The molecule has 0 unspecified atom stereocenters. The zero-order valence-corrected chi connectivity index (χ0v) is 11.5. The molecule has 0 spiro atoms. The fourth-order valence-corrected chi connectivity index (χ4v) is 1.92. The summed E-state index contributed by atoms with van der Waals surface area (Å²) in [5.74, 6) is 0.231. The third kappa shape index (κ3) is 4.96. The monoisotopic (exact) mass is 272 g/mol. The van der Waals surface area contributed by atoms with Crippen molar-refractivity contribution in [2.24, 2.45) is 0 Å². The Hall–Kier alpha value is -1.23. The highest BCUT2D eigenvalue weighted by Gasteiger charge is 2.07. The Morgan fingerprint density at radius 3 is 2.72 bits per heavy atom. The van der Waals surface area contributed by atoms with Gasteiger partial charge in [-0.15, -0.1) is 0 Å². The van der Waals surface area contributed by atoms with Crippen molar-refractivity contribution in [3.05, 3.63) is 16.4 Å². The van der Waals surface area contributed by atoms with E-state index in [0.717, 1.165) is 13.0 Å². The van der Waals surface area contributed by atoms with E-state index in [4.69, 9.17) is 17.3 Å². The Morgan fingerprint density at radius 1 is 1.33 bits per heavy atom. The topological polar surface area (TPSA) is 77.9 Å². The number of nitrogens with two attached hydrogens (primary N) is 1. The van der Waals surface area contributed by atoms with Crippen LogP contribution < -0.4 is 15.8 Å². The largest absolute Gasteiger partial charge is 0.754 e. The van der Waals surface area contributed by atoms with Gasteiger partial charge in [-0.05, 0) is 18.0 Å². The van der Waals surface area contributed by atoms with Crippen molar-refractivity contribution in [1.29, 1.82) is 0 Å². The van der Waals surface area contributed by atoms with Crippen LogP contribution in [0.5, 0.6) is 0 Å². The molecule has 0 bridgehead atoms. The zero-order valence-electron chi connectivity index (χ0n) is 10.8. The lowest BCUT2D eigenvalue weighted by Gasteiger charge is -2.13. The predicted octanol–water partition coefficient (Wildman–Crippen LogP) is 2.72. The Morgan fingerprint density at radius 2 is 2.00 bits per heavy atom. The van der Waals surface area contributed by atoms with E-state index in [1.54, 1.807) is 0 Å². The standard InChI is InChI=1S/C12H21ClN4O/c1-2-3-4-5-6-7-8-15-11-9-10(13)16-12(14)17(11)18/h9,15H,2-8H2,1H3,(H2,14,16). The molecule has 1 aromatic rings. The van der Waals surface area contributed by atoms with Crippen molar-refractivity contribution < 1.29 is 4.73 Å². The molecule has 0 aromatic carbocycles. The molecule has 0 saturated heterocycles. The van der Waals surface area contributed by atoms with Crippen molar-refractivity contribution in [3.8, 4) is 0 Å². The van der Waals surface area contributed by atoms with E-state index in [0.29, 0.717) is 10.5 Å². The molecule has 0 aliphatic rings. The number of nitrogens with zero attached hydrogens (tertiary/aromatic N) is 2. The van der Waals surface area contributed by atoms with Gasteiger partial charge < -0.3 is 16.3 Å². The van der Waals surface area contributed by atoms with Gasteiger partial charge >= 0.3 is 5.95 Å². The van der Waals surface area contributed by atoms with Crippen molar-refractivity contribution >= 4 is 23.4 Å². The van der Waals surface area contributed by atoms with Gasteiger partial charge in [0.2, 0.25) is 0 Å². The molecule has 0 saturated carbocycles. The van der Waals surface area contributed by atoms with Crippen LogP contribution >= 0.6 is 11.6 Å². The summed E-state index contributed by atoms with van der Waals surface area (Å²) >= 11 is 5.74. The lowest BCUT2D eigenvalue weighted by atomic mass is 10.1. The highest BCUT2D eigenvalue weighted by molar-refractivity contribution is 6.29. The normalized spacial score (nSPS) is 10.6. The number of unbranched alkanes of at least 4 members (excludes halogenated alkanes) is 5. The summed E-state index contributed by atoms with van der Waals surface area (Å²) in [5, 5.41) is 14.8. The van der Waals surface area contributed by atoms with E-state index in [1.165, 1.54) is 38.2 Å². The number of aromatic nitrogens is 2. The van der Waals surface area contributed by atoms with Crippen LogP contribution in [0.4, 0.5) is 11.8 Å². The zero-order chi connectivity index (χ0) is 13.4. The van der Waals surface area contributed by atoms with Crippen LogP contribution in [0, 0.1) is 5.21 Å². The van der Waals surface area contributed by atoms with Crippen molar-refractivity contribution in [1.82, 2.24) is 4.98 Å². The molecule has 5 nitrogen and oxygen atoms in total. The van der Waals surface area contributed by atoms with Crippen LogP contribution in [0.25, 0.3) is 0 Å². The van der Waals surface area contributed by atoms with Gasteiger partial charge in [-0.1, -0.05) is 44.0 Å². The Labute approximate surface area is 113 Å². The first-order chi connectivity index (χ1) is 8.65. The lowest BCUT2D eigenvalue weighted by molar-refractivity contribution is -0.577. The Kier molecular flexibility index (Phi) is 6.57. The van der Waals surface area contributed by atoms with Gasteiger partial charge in [0, 0.05) is 6.54 Å². The van der Waals surface area contributed by atoms with Crippen molar-refractivity contribution in [2.45, 2.75) is 45.4 Å². The number of halogens is 1. The molecule has 0 radical (unpaired) electrons. The second kappa shape index (κ2) is 7.97. The molecule has 0 atom stereocenters. The highest BCUT2D eigenvalue weighted by Crippen LogP contribution is 2.11. The molecule has 3 N–H and O–H groups in total. The molecular formula is C12H21ClN4O. The van der Waals surface area contributed by atoms with E-state index < -0.39 is 0 Å². The molecule has 18 heavy (non-hydrogen) atoms. The van der Waals surface area contributed by atoms with E-state index in [2.05, 4.69) is 17.2 Å². The minimum absolute atomic E-state index is 0.132. The number of rotatable bonds is 8. The quantitative estimate of drug-likeness (QED) is 0.330. The molecule has 0 aliphatic heterocycles. The summed E-state index contributed by atoms with van der Waals surface area (Å²) in [6.07, 6.45) is 7.27. The van der Waals surface area contributed by atoms with Crippen molar-refractivity contribution in [3.63, 3.8) is 0 Å². The molecule has 102 valence electrons. The average Bonchev–Trinajstić information content (AvgIpc) is 2.33. The van der Waals surface area contributed by atoms with Gasteiger partial charge in [0.1, 0.15) is 0 Å².